The van der Waals surface area contributed by atoms with Gasteiger partial charge in [-0.15, -0.1) is 0 Å². The number of halogens is 2. The summed E-state index contributed by atoms with van der Waals surface area (Å²) in [7, 11) is 0. The Bertz CT molecular complexity index is 963. The molecular weight excluding hydrogens is 331 g/mol. The summed E-state index contributed by atoms with van der Waals surface area (Å²) in [5.41, 5.74) is 2.14. The van der Waals surface area contributed by atoms with Crippen LogP contribution in [0, 0.1) is 11.7 Å². The van der Waals surface area contributed by atoms with Gasteiger partial charge >= 0.3 is 5.97 Å². The highest BCUT2D eigenvalue weighted by Crippen LogP contribution is 2.36. The molecule has 1 aliphatic carbocycles. The molecule has 0 spiro atoms. The maximum absolute atomic E-state index is 13.8. The van der Waals surface area contributed by atoms with Gasteiger partial charge in [-0.1, -0.05) is 17.7 Å². The highest BCUT2D eigenvalue weighted by molar-refractivity contribution is 6.30. The number of nitrogens with zero attached hydrogens (tertiary/aromatic N) is 2. The fourth-order valence-electron chi connectivity index (χ4n) is 2.89. The summed E-state index contributed by atoms with van der Waals surface area (Å²) >= 11 is 5.77. The summed E-state index contributed by atoms with van der Waals surface area (Å²) in [6, 6.07) is 7.88. The third-order valence-electron chi connectivity index (χ3n) is 4.32. The zero-order chi connectivity index (χ0) is 16.8. The number of pyridine rings is 1. The molecule has 1 aliphatic rings. The van der Waals surface area contributed by atoms with Gasteiger partial charge in [0.25, 0.3) is 0 Å². The number of carboxylic acid groups (broad SMARTS) is 1. The zero-order valence-electron chi connectivity index (χ0n) is 12.7. The number of rotatable bonds is 4. The number of hydrogen-bond donors (Lipinski definition) is 1. The minimum absolute atomic E-state index is 0.00600. The van der Waals surface area contributed by atoms with Crippen molar-refractivity contribution in [3.05, 3.63) is 53.1 Å². The summed E-state index contributed by atoms with van der Waals surface area (Å²) in [5, 5.41) is 10.1. The molecule has 2 heterocycles. The summed E-state index contributed by atoms with van der Waals surface area (Å²) < 4.78 is 15.8. The number of aromatic nitrogens is 2. The number of carboxylic acids is 1. The van der Waals surface area contributed by atoms with Gasteiger partial charge < -0.3 is 9.67 Å². The van der Waals surface area contributed by atoms with Crippen molar-refractivity contribution in [2.75, 3.05) is 0 Å². The fraction of sp³-hybridized carbons (Fsp3) is 0.222. The van der Waals surface area contributed by atoms with Crippen molar-refractivity contribution in [3.8, 4) is 11.1 Å². The van der Waals surface area contributed by atoms with Crippen LogP contribution in [-0.4, -0.2) is 20.6 Å². The third-order valence-corrected chi connectivity index (χ3v) is 4.63. The third kappa shape index (κ3) is 2.65. The van der Waals surface area contributed by atoms with Gasteiger partial charge in [0.1, 0.15) is 11.5 Å². The van der Waals surface area contributed by atoms with E-state index >= 15 is 0 Å². The van der Waals surface area contributed by atoms with E-state index in [4.69, 9.17) is 11.6 Å². The lowest BCUT2D eigenvalue weighted by Crippen LogP contribution is -2.03. The van der Waals surface area contributed by atoms with E-state index in [1.165, 1.54) is 31.0 Å². The summed E-state index contributed by atoms with van der Waals surface area (Å²) in [6.45, 7) is 0.794. The minimum Gasteiger partial charge on any atom is -0.477 e. The van der Waals surface area contributed by atoms with Crippen molar-refractivity contribution < 1.29 is 14.3 Å². The molecule has 2 aromatic heterocycles. The van der Waals surface area contributed by atoms with Crippen molar-refractivity contribution in [1.29, 1.82) is 0 Å². The molecular formula is C18H14ClFN2O2. The van der Waals surface area contributed by atoms with Crippen LogP contribution in [-0.2, 0) is 6.54 Å². The molecule has 0 bridgehead atoms. The number of hydrogen-bond acceptors (Lipinski definition) is 2. The van der Waals surface area contributed by atoms with E-state index in [0.717, 1.165) is 17.5 Å². The van der Waals surface area contributed by atoms with Gasteiger partial charge in [-0.25, -0.2) is 14.2 Å². The van der Waals surface area contributed by atoms with Crippen LogP contribution >= 0.6 is 11.6 Å². The quantitative estimate of drug-likeness (QED) is 0.752. The average molecular weight is 345 g/mol. The molecule has 0 amide bonds. The predicted octanol–water partition coefficient (Wildman–Crippen LogP) is 4.60. The smallest absolute Gasteiger partial charge is 0.354 e. The van der Waals surface area contributed by atoms with Gasteiger partial charge in [0.2, 0.25) is 0 Å². The van der Waals surface area contributed by atoms with E-state index in [1.807, 2.05) is 10.8 Å². The molecule has 4 rings (SSSR count). The van der Waals surface area contributed by atoms with Crippen molar-refractivity contribution in [2.45, 2.75) is 19.4 Å². The molecule has 1 N–H and O–H groups in total. The Morgan fingerprint density at radius 3 is 2.79 bits per heavy atom. The molecule has 0 saturated heterocycles. The second-order valence-corrected chi connectivity index (χ2v) is 6.55. The van der Waals surface area contributed by atoms with E-state index in [-0.39, 0.29) is 10.7 Å². The van der Waals surface area contributed by atoms with E-state index in [1.54, 1.807) is 12.1 Å². The van der Waals surface area contributed by atoms with Crippen LogP contribution in [0.3, 0.4) is 0 Å². The van der Waals surface area contributed by atoms with E-state index in [9.17, 15) is 14.3 Å². The molecule has 1 aromatic carbocycles. The SMILES string of the molecule is O=C(O)c1ccc2c(-c3ccc(Cl)c(F)c3)cn(CC3CC3)c2n1. The van der Waals surface area contributed by atoms with Gasteiger partial charge in [0.05, 0.1) is 5.02 Å². The van der Waals surface area contributed by atoms with Crippen LogP contribution in [0.25, 0.3) is 22.2 Å². The largest absolute Gasteiger partial charge is 0.477 e. The number of carbonyl (C=O) groups is 1. The first-order chi connectivity index (χ1) is 11.5. The number of benzene rings is 1. The molecule has 4 nitrogen and oxygen atoms in total. The van der Waals surface area contributed by atoms with Crippen molar-refractivity contribution in [2.24, 2.45) is 5.92 Å². The second-order valence-electron chi connectivity index (χ2n) is 6.14. The van der Waals surface area contributed by atoms with Gasteiger partial charge in [-0.05, 0) is 48.6 Å². The van der Waals surface area contributed by atoms with Crippen molar-refractivity contribution in [3.63, 3.8) is 0 Å². The van der Waals surface area contributed by atoms with Crippen LogP contribution in [0.2, 0.25) is 5.02 Å². The molecule has 0 radical (unpaired) electrons. The highest BCUT2D eigenvalue weighted by Gasteiger charge is 2.24. The van der Waals surface area contributed by atoms with E-state index in [2.05, 4.69) is 4.98 Å². The molecule has 1 saturated carbocycles. The zero-order valence-corrected chi connectivity index (χ0v) is 13.4. The summed E-state index contributed by atoms with van der Waals surface area (Å²) in [5.74, 6) is -0.937. The Kier molecular flexibility index (Phi) is 3.53. The lowest BCUT2D eigenvalue weighted by molar-refractivity contribution is 0.0691. The lowest BCUT2D eigenvalue weighted by Gasteiger charge is -2.03. The monoisotopic (exact) mass is 344 g/mol. The van der Waals surface area contributed by atoms with Crippen LogP contribution in [0.4, 0.5) is 4.39 Å². The topological polar surface area (TPSA) is 55.1 Å². The predicted molar refractivity (Wildman–Crippen MR) is 89.8 cm³/mol. The lowest BCUT2D eigenvalue weighted by atomic mass is 10.1. The molecule has 3 aromatic rings. The van der Waals surface area contributed by atoms with Crippen LogP contribution < -0.4 is 0 Å². The standard InChI is InChI=1S/C18H14ClFN2O2/c19-14-5-3-11(7-15(14)20)13-9-22(8-10-1-2-10)17-12(13)4-6-16(21-17)18(23)24/h3-7,9-10H,1-2,8H2,(H,23,24). The average Bonchev–Trinajstić information content (AvgIpc) is 3.30. The first-order valence-electron chi connectivity index (χ1n) is 7.71. The van der Waals surface area contributed by atoms with Gasteiger partial charge in [-0.2, -0.15) is 0 Å². The molecule has 6 heteroatoms. The molecule has 0 aliphatic heterocycles. The first kappa shape index (κ1) is 15.1. The summed E-state index contributed by atoms with van der Waals surface area (Å²) in [4.78, 5) is 15.5. The fourth-order valence-corrected chi connectivity index (χ4v) is 3.01. The molecule has 24 heavy (non-hydrogen) atoms. The molecule has 122 valence electrons. The highest BCUT2D eigenvalue weighted by atomic mass is 35.5. The Labute approximate surface area is 142 Å². The Hall–Kier alpha value is -2.40. The molecule has 1 fully saturated rings. The normalized spacial score (nSPS) is 14.2. The van der Waals surface area contributed by atoms with Crippen LogP contribution in [0.15, 0.2) is 36.5 Å². The second kappa shape index (κ2) is 5.60. The van der Waals surface area contributed by atoms with Gasteiger partial charge in [0, 0.05) is 23.7 Å². The number of aromatic carboxylic acids is 1. The Balaban J connectivity index is 1.91. The van der Waals surface area contributed by atoms with Gasteiger partial charge in [0.15, 0.2) is 5.69 Å². The molecule has 0 unspecified atom stereocenters. The maximum Gasteiger partial charge on any atom is 0.354 e. The van der Waals surface area contributed by atoms with Crippen LogP contribution in [0.5, 0.6) is 0 Å². The van der Waals surface area contributed by atoms with Gasteiger partial charge in [-0.3, -0.25) is 0 Å². The maximum atomic E-state index is 13.8. The minimum atomic E-state index is -1.06. The van der Waals surface area contributed by atoms with Crippen molar-refractivity contribution in [1.82, 2.24) is 9.55 Å². The Morgan fingerprint density at radius 1 is 1.33 bits per heavy atom. The summed E-state index contributed by atoms with van der Waals surface area (Å²) in [6.07, 6.45) is 4.26. The van der Waals surface area contributed by atoms with Crippen molar-refractivity contribution >= 4 is 28.6 Å². The Morgan fingerprint density at radius 2 is 2.12 bits per heavy atom. The first-order valence-corrected chi connectivity index (χ1v) is 8.09. The van der Waals surface area contributed by atoms with E-state index < -0.39 is 11.8 Å². The molecule has 0 atom stereocenters. The van der Waals surface area contributed by atoms with Crippen LogP contribution in [0.1, 0.15) is 23.3 Å². The number of fused-ring (bicyclic) bond motifs is 1. The van der Waals surface area contributed by atoms with E-state index in [0.29, 0.717) is 17.1 Å².